The van der Waals surface area contributed by atoms with Gasteiger partial charge in [-0.2, -0.15) is 0 Å². The van der Waals surface area contributed by atoms with E-state index in [9.17, 15) is 9.18 Å². The number of hydrogen-bond donors (Lipinski definition) is 1. The van der Waals surface area contributed by atoms with Gasteiger partial charge >= 0.3 is 0 Å². The Kier molecular flexibility index (Phi) is 6.01. The molecule has 0 radical (unpaired) electrons. The number of methoxy groups -OCH3 is 2. The Morgan fingerprint density at radius 2 is 1.88 bits per heavy atom. The Morgan fingerprint density at radius 3 is 2.50 bits per heavy atom. The highest BCUT2D eigenvalue weighted by atomic mass is 19.1. The predicted octanol–water partition coefficient (Wildman–Crippen LogP) is 3.64. The van der Waals surface area contributed by atoms with Crippen molar-refractivity contribution < 1.29 is 23.4 Å². The lowest BCUT2D eigenvalue weighted by atomic mass is 10.2. The zero-order valence-electron chi connectivity index (χ0n) is 13.8. The minimum absolute atomic E-state index is 0.0390. The number of hydrogen-bond acceptors (Lipinski definition) is 4. The molecule has 24 heavy (non-hydrogen) atoms. The minimum atomic E-state index is -0.835. The fourth-order valence-electron chi connectivity index (χ4n) is 2.14. The number of carbonyl (C=O) groups is 1. The normalized spacial score (nSPS) is 11.5. The average Bonchev–Trinajstić information content (AvgIpc) is 2.60. The van der Waals surface area contributed by atoms with E-state index in [2.05, 4.69) is 5.32 Å². The smallest absolute Gasteiger partial charge is 0.265 e. The second kappa shape index (κ2) is 8.19. The molecule has 2 aromatic carbocycles. The molecule has 6 heteroatoms. The maximum Gasteiger partial charge on any atom is 0.265 e. The van der Waals surface area contributed by atoms with E-state index in [1.165, 1.54) is 26.4 Å². The van der Waals surface area contributed by atoms with E-state index in [1.807, 2.05) is 0 Å². The van der Waals surface area contributed by atoms with Gasteiger partial charge in [0, 0.05) is 6.07 Å². The topological polar surface area (TPSA) is 56.8 Å². The van der Waals surface area contributed by atoms with Crippen LogP contribution in [0.15, 0.2) is 42.5 Å². The highest BCUT2D eigenvalue weighted by Crippen LogP contribution is 2.29. The SMILES string of the molecule is CC[C@@H](Oc1ccccc1F)C(=O)Nc1cc(OC)ccc1OC. The molecule has 1 N–H and O–H groups in total. The lowest BCUT2D eigenvalue weighted by molar-refractivity contribution is -0.122. The van der Waals surface area contributed by atoms with E-state index in [0.717, 1.165) is 0 Å². The van der Waals surface area contributed by atoms with Crippen LogP contribution in [0.5, 0.6) is 17.2 Å². The number of nitrogens with one attached hydrogen (secondary N) is 1. The van der Waals surface area contributed by atoms with Gasteiger partial charge in [-0.05, 0) is 30.7 Å². The van der Waals surface area contributed by atoms with Crippen LogP contribution in [0.25, 0.3) is 0 Å². The second-order valence-electron chi connectivity index (χ2n) is 5.00. The third-order valence-electron chi connectivity index (χ3n) is 3.43. The average molecular weight is 333 g/mol. The van der Waals surface area contributed by atoms with Crippen molar-refractivity contribution >= 4 is 11.6 Å². The number of amides is 1. The molecule has 5 nitrogen and oxygen atoms in total. The summed E-state index contributed by atoms with van der Waals surface area (Å²) in [5.41, 5.74) is 0.456. The molecule has 0 saturated carbocycles. The first-order valence-electron chi connectivity index (χ1n) is 7.53. The van der Waals surface area contributed by atoms with Crippen molar-refractivity contribution in [2.75, 3.05) is 19.5 Å². The van der Waals surface area contributed by atoms with Crippen molar-refractivity contribution in [3.63, 3.8) is 0 Å². The Balaban J connectivity index is 2.16. The van der Waals surface area contributed by atoms with Crippen LogP contribution in [0.1, 0.15) is 13.3 Å². The molecule has 128 valence electrons. The molecule has 0 aliphatic heterocycles. The predicted molar refractivity (Wildman–Crippen MR) is 89.3 cm³/mol. The molecule has 0 spiro atoms. The van der Waals surface area contributed by atoms with Crippen LogP contribution in [0.2, 0.25) is 0 Å². The third kappa shape index (κ3) is 4.16. The minimum Gasteiger partial charge on any atom is -0.497 e. The fraction of sp³-hybridized carbons (Fsp3) is 0.278. The van der Waals surface area contributed by atoms with Crippen molar-refractivity contribution in [3.05, 3.63) is 48.3 Å². The summed E-state index contributed by atoms with van der Waals surface area (Å²) in [6.45, 7) is 1.79. The van der Waals surface area contributed by atoms with Crippen LogP contribution in [0.3, 0.4) is 0 Å². The highest BCUT2D eigenvalue weighted by Gasteiger charge is 2.21. The Bertz CT molecular complexity index is 705. The Hall–Kier alpha value is -2.76. The van der Waals surface area contributed by atoms with Crippen molar-refractivity contribution in [1.29, 1.82) is 0 Å². The molecule has 0 aliphatic rings. The number of para-hydroxylation sites is 1. The summed E-state index contributed by atoms with van der Waals surface area (Å²) in [6, 6.07) is 11.0. The number of halogens is 1. The molecule has 2 rings (SSSR count). The molecule has 0 aromatic heterocycles. The molecule has 0 unspecified atom stereocenters. The summed E-state index contributed by atoms with van der Waals surface area (Å²) < 4.78 is 29.6. The third-order valence-corrected chi connectivity index (χ3v) is 3.43. The van der Waals surface area contributed by atoms with Gasteiger partial charge in [0.1, 0.15) is 11.5 Å². The zero-order chi connectivity index (χ0) is 17.5. The second-order valence-corrected chi connectivity index (χ2v) is 5.00. The van der Waals surface area contributed by atoms with Gasteiger partial charge in [0.15, 0.2) is 17.7 Å². The highest BCUT2D eigenvalue weighted by molar-refractivity contribution is 5.95. The molecule has 1 amide bonds. The standard InChI is InChI=1S/C18H20FNO4/c1-4-15(24-16-8-6-5-7-13(16)19)18(21)20-14-11-12(22-2)9-10-17(14)23-3/h5-11,15H,4H2,1-3H3,(H,20,21)/t15-/m1/s1. The van der Waals surface area contributed by atoms with E-state index in [-0.39, 0.29) is 5.75 Å². The summed E-state index contributed by atoms with van der Waals surface area (Å²) in [5.74, 6) is 0.200. The van der Waals surface area contributed by atoms with Crippen molar-refractivity contribution in [3.8, 4) is 17.2 Å². The number of anilines is 1. The number of benzene rings is 2. The summed E-state index contributed by atoms with van der Waals surface area (Å²) in [6.07, 6.45) is -0.454. The number of carbonyl (C=O) groups excluding carboxylic acids is 1. The number of ether oxygens (including phenoxy) is 3. The Morgan fingerprint density at radius 1 is 1.12 bits per heavy atom. The van der Waals surface area contributed by atoms with Crippen molar-refractivity contribution in [1.82, 2.24) is 0 Å². The van der Waals surface area contributed by atoms with Gasteiger partial charge in [-0.1, -0.05) is 19.1 Å². The van der Waals surface area contributed by atoms with Crippen LogP contribution >= 0.6 is 0 Å². The summed E-state index contributed by atoms with van der Waals surface area (Å²) >= 11 is 0. The van der Waals surface area contributed by atoms with E-state index in [4.69, 9.17) is 14.2 Å². The molecule has 0 fully saturated rings. The van der Waals surface area contributed by atoms with Gasteiger partial charge in [0.25, 0.3) is 5.91 Å². The molecule has 1 atom stereocenters. The maximum atomic E-state index is 13.7. The fourth-order valence-corrected chi connectivity index (χ4v) is 2.14. The van der Waals surface area contributed by atoms with Gasteiger partial charge in [-0.3, -0.25) is 4.79 Å². The lowest BCUT2D eigenvalue weighted by Crippen LogP contribution is -2.32. The molecule has 0 aliphatic carbocycles. The molecular weight excluding hydrogens is 313 g/mol. The van der Waals surface area contributed by atoms with Crippen molar-refractivity contribution in [2.45, 2.75) is 19.4 Å². The molecule has 0 bridgehead atoms. The summed E-state index contributed by atoms with van der Waals surface area (Å²) in [4.78, 5) is 12.5. The first kappa shape index (κ1) is 17.6. The maximum absolute atomic E-state index is 13.7. The Labute approximate surface area is 140 Å². The van der Waals surface area contributed by atoms with E-state index < -0.39 is 17.8 Å². The van der Waals surface area contributed by atoms with Crippen LogP contribution < -0.4 is 19.5 Å². The van der Waals surface area contributed by atoms with Gasteiger partial charge in [-0.25, -0.2) is 4.39 Å². The van der Waals surface area contributed by atoms with Gasteiger partial charge in [0.05, 0.1) is 19.9 Å². The molecule has 0 saturated heterocycles. The van der Waals surface area contributed by atoms with E-state index >= 15 is 0 Å². The quantitative estimate of drug-likeness (QED) is 0.840. The van der Waals surface area contributed by atoms with Gasteiger partial charge in [0.2, 0.25) is 0 Å². The van der Waals surface area contributed by atoms with Crippen LogP contribution in [-0.2, 0) is 4.79 Å². The van der Waals surface area contributed by atoms with Crippen LogP contribution in [0, 0.1) is 5.82 Å². The molecular formula is C18H20FNO4. The van der Waals surface area contributed by atoms with Gasteiger partial charge < -0.3 is 19.5 Å². The molecule has 2 aromatic rings. The summed E-state index contributed by atoms with van der Waals surface area (Å²) in [5, 5.41) is 2.74. The van der Waals surface area contributed by atoms with Crippen molar-refractivity contribution in [2.24, 2.45) is 0 Å². The largest absolute Gasteiger partial charge is 0.497 e. The lowest BCUT2D eigenvalue weighted by Gasteiger charge is -2.19. The van der Waals surface area contributed by atoms with Crippen LogP contribution in [-0.4, -0.2) is 26.2 Å². The van der Waals surface area contributed by atoms with E-state index in [0.29, 0.717) is 23.6 Å². The van der Waals surface area contributed by atoms with E-state index in [1.54, 1.807) is 37.3 Å². The first-order chi connectivity index (χ1) is 11.6. The molecule has 0 heterocycles. The zero-order valence-corrected chi connectivity index (χ0v) is 13.8. The first-order valence-corrected chi connectivity index (χ1v) is 7.53. The monoisotopic (exact) mass is 333 g/mol. The number of rotatable bonds is 7. The summed E-state index contributed by atoms with van der Waals surface area (Å²) in [7, 11) is 3.04. The van der Waals surface area contributed by atoms with Crippen LogP contribution in [0.4, 0.5) is 10.1 Å². The van der Waals surface area contributed by atoms with Gasteiger partial charge in [-0.15, -0.1) is 0 Å².